The molecule has 8 heteroatoms. The molecule has 0 aromatic heterocycles. The quantitative estimate of drug-likeness (QED) is 0.125. The largest absolute Gasteiger partial charge is 0.483 e. The van der Waals surface area contributed by atoms with Crippen LogP contribution in [-0.4, -0.2) is 24.3 Å². The van der Waals surface area contributed by atoms with Gasteiger partial charge in [0, 0.05) is 14.7 Å². The van der Waals surface area contributed by atoms with Gasteiger partial charge in [-0.15, -0.1) is 0 Å². The lowest BCUT2D eigenvalue weighted by Gasteiger charge is -2.11. The van der Waals surface area contributed by atoms with Crippen molar-refractivity contribution in [1.29, 1.82) is 0 Å². The van der Waals surface area contributed by atoms with Gasteiger partial charge in [0.2, 0.25) is 5.90 Å². The van der Waals surface area contributed by atoms with Crippen LogP contribution in [0.1, 0.15) is 27.0 Å². The zero-order valence-electron chi connectivity index (χ0n) is 17.3. The van der Waals surface area contributed by atoms with Gasteiger partial charge in [-0.2, -0.15) is 0 Å². The molecular weight excluding hydrogens is 665 g/mol. The molecule has 0 fully saturated rings. The van der Waals surface area contributed by atoms with Crippen LogP contribution in [-0.2, 0) is 9.53 Å². The number of ether oxygens (including phenoxy) is 2. The van der Waals surface area contributed by atoms with Crippen LogP contribution in [0.25, 0.3) is 6.08 Å². The van der Waals surface area contributed by atoms with Gasteiger partial charge in [-0.05, 0) is 109 Å². The van der Waals surface area contributed by atoms with E-state index in [-0.39, 0.29) is 24.0 Å². The topological polar surface area (TPSA) is 65.0 Å². The molecule has 33 heavy (non-hydrogen) atoms. The summed E-state index contributed by atoms with van der Waals surface area (Å²) in [5.41, 5.74) is 3.33. The molecule has 5 nitrogen and oxygen atoms in total. The molecule has 0 saturated carbocycles. The van der Waals surface area contributed by atoms with Gasteiger partial charge >= 0.3 is 5.97 Å². The van der Waals surface area contributed by atoms with Crippen molar-refractivity contribution in [2.24, 2.45) is 4.99 Å². The van der Waals surface area contributed by atoms with Gasteiger partial charge in [-0.3, -0.25) is 4.79 Å². The Kier molecular flexibility index (Phi) is 7.45. The monoisotopic (exact) mass is 679 g/mol. The molecule has 0 radical (unpaired) electrons. The zero-order valence-corrected chi connectivity index (χ0v) is 22.6. The molecule has 1 aliphatic heterocycles. The van der Waals surface area contributed by atoms with E-state index in [1.165, 1.54) is 0 Å². The first kappa shape index (κ1) is 23.8. The Labute approximate surface area is 221 Å². The Morgan fingerprint density at radius 1 is 1.09 bits per heavy atom. The number of halogens is 3. The van der Waals surface area contributed by atoms with Gasteiger partial charge in [-0.1, -0.05) is 30.3 Å². The summed E-state index contributed by atoms with van der Waals surface area (Å²) in [6.45, 7) is 1.89. The number of aryl methyl sites for hydroxylation is 1. The lowest BCUT2D eigenvalue weighted by Crippen LogP contribution is -2.12. The van der Waals surface area contributed by atoms with Crippen molar-refractivity contribution in [3.05, 3.63) is 101 Å². The number of carbonyl (C=O) groups excluding carboxylic acids is 2. The van der Waals surface area contributed by atoms with Crippen LogP contribution >= 0.6 is 54.5 Å². The first-order valence-corrected chi connectivity index (χ1v) is 12.5. The van der Waals surface area contributed by atoms with Crippen LogP contribution in [0, 0.1) is 10.5 Å². The van der Waals surface area contributed by atoms with Crippen molar-refractivity contribution in [3.8, 4) is 5.75 Å². The molecule has 0 amide bonds. The minimum atomic E-state index is -0.512. The maximum absolute atomic E-state index is 12.4. The first-order chi connectivity index (χ1) is 15.8. The highest BCUT2D eigenvalue weighted by molar-refractivity contribution is 14.1. The predicted octanol–water partition coefficient (Wildman–Crippen LogP) is 6.73. The van der Waals surface area contributed by atoms with Crippen LogP contribution in [0.15, 0.2) is 80.3 Å². The summed E-state index contributed by atoms with van der Waals surface area (Å²) in [5.74, 6) is 0.140. The van der Waals surface area contributed by atoms with Gasteiger partial charge in [0.05, 0.1) is 8.95 Å². The highest BCUT2D eigenvalue weighted by Crippen LogP contribution is 2.36. The predicted molar refractivity (Wildman–Crippen MR) is 143 cm³/mol. The Bertz CT molecular complexity index is 1300. The van der Waals surface area contributed by atoms with Crippen molar-refractivity contribution in [3.63, 3.8) is 0 Å². The molecule has 4 rings (SSSR count). The Hall–Kier alpha value is -2.30. The second-order valence-corrected chi connectivity index (χ2v) is 10.1. The first-order valence-electron chi connectivity index (χ1n) is 9.81. The highest BCUT2D eigenvalue weighted by Gasteiger charge is 2.24. The number of rotatable bonds is 6. The number of aliphatic imine (C=N–C) groups is 1. The standard InChI is InChI=1S/C25H16Br2INO4/c1-14-9-17(7-8-20(14)28)24-29-21(25(31)33-24)12-15-10-18(26)23(19(27)11-15)32-13-22(30)16-5-3-2-4-6-16/h2-12H,13H2,1H3/b21-12-. The number of Topliss-reactive ketones (excluding diaryl/α,β-unsaturated/α-hetero) is 1. The fraction of sp³-hybridized carbons (Fsp3) is 0.0800. The highest BCUT2D eigenvalue weighted by atomic mass is 127. The maximum Gasteiger partial charge on any atom is 0.363 e. The fourth-order valence-corrected chi connectivity index (χ4v) is 4.90. The Balaban J connectivity index is 1.53. The lowest BCUT2D eigenvalue weighted by atomic mass is 10.1. The SMILES string of the molecule is Cc1cc(C2=N/C(=C\c3cc(Br)c(OCC(=O)c4ccccc4)c(Br)c3)C(=O)O2)ccc1I. The summed E-state index contributed by atoms with van der Waals surface area (Å²) in [6, 6.07) is 18.3. The summed E-state index contributed by atoms with van der Waals surface area (Å²) in [6.07, 6.45) is 1.64. The number of esters is 1. The van der Waals surface area contributed by atoms with Gasteiger partial charge < -0.3 is 9.47 Å². The molecule has 1 heterocycles. The van der Waals surface area contributed by atoms with E-state index in [9.17, 15) is 9.59 Å². The number of benzene rings is 3. The van der Waals surface area contributed by atoms with Crippen molar-refractivity contribution >= 4 is 78.2 Å². The smallest absolute Gasteiger partial charge is 0.363 e. The van der Waals surface area contributed by atoms with E-state index in [0.717, 1.165) is 14.7 Å². The Morgan fingerprint density at radius 2 is 1.79 bits per heavy atom. The van der Waals surface area contributed by atoms with E-state index < -0.39 is 5.97 Å². The van der Waals surface area contributed by atoms with E-state index in [0.29, 0.717) is 25.8 Å². The third-order valence-corrected chi connectivity index (χ3v) is 7.18. The average Bonchev–Trinajstić information content (AvgIpc) is 3.15. The lowest BCUT2D eigenvalue weighted by molar-refractivity contribution is -0.129. The van der Waals surface area contributed by atoms with E-state index in [1.807, 2.05) is 43.3 Å². The third kappa shape index (κ3) is 5.62. The molecule has 0 saturated heterocycles. The molecule has 0 aliphatic carbocycles. The van der Waals surface area contributed by atoms with Gasteiger partial charge in [0.25, 0.3) is 0 Å². The molecule has 166 valence electrons. The van der Waals surface area contributed by atoms with E-state index in [2.05, 4.69) is 59.4 Å². The zero-order chi connectivity index (χ0) is 23.5. The van der Waals surface area contributed by atoms with Crippen LogP contribution < -0.4 is 4.74 Å². The van der Waals surface area contributed by atoms with Crippen molar-refractivity contribution in [2.75, 3.05) is 6.61 Å². The van der Waals surface area contributed by atoms with E-state index in [4.69, 9.17) is 9.47 Å². The molecule has 0 atom stereocenters. The van der Waals surface area contributed by atoms with Gasteiger partial charge in [0.1, 0.15) is 5.75 Å². The molecular formula is C25H16Br2INO4. The van der Waals surface area contributed by atoms with Crippen LogP contribution in [0.2, 0.25) is 0 Å². The fourth-order valence-electron chi connectivity index (χ4n) is 3.11. The number of cyclic esters (lactones) is 1. The van der Waals surface area contributed by atoms with Crippen LogP contribution in [0.4, 0.5) is 0 Å². The molecule has 3 aromatic rings. The van der Waals surface area contributed by atoms with Crippen molar-refractivity contribution in [1.82, 2.24) is 0 Å². The minimum absolute atomic E-state index is 0.100. The normalized spacial score (nSPS) is 14.2. The molecule has 0 N–H and O–H groups in total. The molecule has 0 spiro atoms. The molecule has 1 aliphatic rings. The number of carbonyl (C=O) groups is 2. The third-order valence-electron chi connectivity index (χ3n) is 4.79. The Morgan fingerprint density at radius 3 is 2.45 bits per heavy atom. The average molecular weight is 681 g/mol. The van der Waals surface area contributed by atoms with Crippen molar-refractivity contribution in [2.45, 2.75) is 6.92 Å². The van der Waals surface area contributed by atoms with E-state index >= 15 is 0 Å². The number of hydrogen-bond donors (Lipinski definition) is 0. The van der Waals surface area contributed by atoms with Crippen LogP contribution in [0.5, 0.6) is 5.75 Å². The maximum atomic E-state index is 12.4. The second-order valence-electron chi connectivity index (χ2n) is 7.19. The second kappa shape index (κ2) is 10.3. The van der Waals surface area contributed by atoms with Crippen LogP contribution in [0.3, 0.4) is 0 Å². The number of hydrogen-bond acceptors (Lipinski definition) is 5. The molecule has 0 unspecified atom stereocenters. The molecule has 0 bridgehead atoms. The molecule has 3 aromatic carbocycles. The summed E-state index contributed by atoms with van der Waals surface area (Å²) in [5, 5.41) is 0. The number of ketones is 1. The number of nitrogens with zero attached hydrogens (tertiary/aromatic N) is 1. The summed E-state index contributed by atoms with van der Waals surface area (Å²) in [7, 11) is 0. The van der Waals surface area contributed by atoms with Crippen molar-refractivity contribution < 1.29 is 19.1 Å². The summed E-state index contributed by atoms with van der Waals surface area (Å²) >= 11 is 9.22. The van der Waals surface area contributed by atoms with Gasteiger partial charge in [-0.25, -0.2) is 9.79 Å². The summed E-state index contributed by atoms with van der Waals surface area (Å²) in [4.78, 5) is 29.1. The van der Waals surface area contributed by atoms with E-state index in [1.54, 1.807) is 30.3 Å². The minimum Gasteiger partial charge on any atom is -0.483 e. The summed E-state index contributed by atoms with van der Waals surface area (Å²) < 4.78 is 13.5. The van der Waals surface area contributed by atoms with Gasteiger partial charge in [0.15, 0.2) is 18.1 Å².